The van der Waals surface area contributed by atoms with E-state index in [0.717, 1.165) is 37.7 Å². The zero-order chi connectivity index (χ0) is 17.8. The number of piperidine rings is 1. The maximum absolute atomic E-state index is 6.25. The Labute approximate surface area is 156 Å². The Balaban J connectivity index is 1.33. The van der Waals surface area contributed by atoms with Gasteiger partial charge in [0.25, 0.3) is 0 Å². The van der Waals surface area contributed by atoms with Crippen LogP contribution in [0.4, 0.5) is 0 Å². The van der Waals surface area contributed by atoms with Gasteiger partial charge in [0.2, 0.25) is 0 Å². The van der Waals surface area contributed by atoms with Crippen molar-refractivity contribution in [1.29, 1.82) is 0 Å². The second-order valence-corrected chi connectivity index (χ2v) is 7.58. The van der Waals surface area contributed by atoms with E-state index in [-0.39, 0.29) is 0 Å². The number of hydrogen-bond acceptors (Lipinski definition) is 3. The number of nitrogens with zero attached hydrogens (tertiary/aromatic N) is 1. The molecule has 0 amide bonds. The van der Waals surface area contributed by atoms with E-state index in [2.05, 4.69) is 40.2 Å². The zero-order valence-electron chi connectivity index (χ0n) is 15.7. The van der Waals surface area contributed by atoms with Gasteiger partial charge >= 0.3 is 0 Å². The highest BCUT2D eigenvalue weighted by Gasteiger charge is 2.29. The van der Waals surface area contributed by atoms with Gasteiger partial charge in [-0.3, -0.25) is 0 Å². The molecule has 1 aliphatic heterocycles. The number of hydrogen-bond donors (Lipinski definition) is 1. The molecule has 2 fully saturated rings. The Kier molecular flexibility index (Phi) is 5.61. The van der Waals surface area contributed by atoms with Crippen LogP contribution in [0, 0.1) is 0 Å². The summed E-state index contributed by atoms with van der Waals surface area (Å²) in [5.41, 5.74) is 3.68. The lowest BCUT2D eigenvalue weighted by Gasteiger charge is -2.41. The molecule has 4 nitrogen and oxygen atoms in total. The lowest BCUT2D eigenvalue weighted by Crippen LogP contribution is -2.46. The molecular weight excluding hydrogens is 324 g/mol. The van der Waals surface area contributed by atoms with Crippen LogP contribution >= 0.6 is 0 Å². The molecule has 1 aromatic carbocycles. The molecule has 2 aromatic rings. The highest BCUT2D eigenvalue weighted by molar-refractivity contribution is 5.64. The van der Waals surface area contributed by atoms with Crippen LogP contribution in [0.2, 0.25) is 0 Å². The van der Waals surface area contributed by atoms with Crippen molar-refractivity contribution in [3.05, 3.63) is 42.1 Å². The highest BCUT2D eigenvalue weighted by atomic mass is 16.5. The van der Waals surface area contributed by atoms with Crippen LogP contribution in [0.5, 0.6) is 5.75 Å². The van der Waals surface area contributed by atoms with Crippen molar-refractivity contribution in [3.8, 4) is 17.0 Å². The van der Waals surface area contributed by atoms with Gasteiger partial charge in [-0.1, -0.05) is 6.42 Å². The third-order valence-corrected chi connectivity index (χ3v) is 5.92. The largest absolute Gasteiger partial charge is 0.490 e. The Morgan fingerprint density at radius 1 is 1.04 bits per heavy atom. The van der Waals surface area contributed by atoms with Gasteiger partial charge < -0.3 is 19.4 Å². The van der Waals surface area contributed by atoms with Crippen molar-refractivity contribution in [2.75, 3.05) is 26.8 Å². The first-order valence-electron chi connectivity index (χ1n) is 10.00. The molecule has 2 heterocycles. The molecule has 140 valence electrons. The quantitative estimate of drug-likeness (QED) is 0.807. The Morgan fingerprint density at radius 3 is 2.46 bits per heavy atom. The molecule has 1 N–H and O–H groups in total. The first-order valence-corrected chi connectivity index (χ1v) is 10.00. The van der Waals surface area contributed by atoms with Gasteiger partial charge in [-0.25, -0.2) is 0 Å². The van der Waals surface area contributed by atoms with Gasteiger partial charge in [0.15, 0.2) is 0 Å². The summed E-state index contributed by atoms with van der Waals surface area (Å²) in [7, 11) is 1.75. The molecule has 1 aliphatic carbocycles. The lowest BCUT2D eigenvalue weighted by molar-refractivity contribution is 0.0493. The Hall–Kier alpha value is -1.78. The summed E-state index contributed by atoms with van der Waals surface area (Å²) in [5.74, 6) is 0.987. The second-order valence-electron chi connectivity index (χ2n) is 7.58. The first kappa shape index (κ1) is 17.6. The summed E-state index contributed by atoms with van der Waals surface area (Å²) in [5, 5.41) is 0. The normalized spacial score (nSPS) is 19.4. The maximum atomic E-state index is 6.25. The van der Waals surface area contributed by atoms with Crippen molar-refractivity contribution >= 4 is 0 Å². The molecule has 0 atom stereocenters. The number of methoxy groups -OCH3 is 1. The molecule has 4 heteroatoms. The Morgan fingerprint density at radius 2 is 1.81 bits per heavy atom. The average Bonchev–Trinajstić information content (AvgIpc) is 3.09. The van der Waals surface area contributed by atoms with Gasteiger partial charge in [-0.2, -0.15) is 0 Å². The van der Waals surface area contributed by atoms with Gasteiger partial charge in [-0.05, 0) is 73.6 Å². The predicted molar refractivity (Wildman–Crippen MR) is 105 cm³/mol. The number of rotatable bonds is 7. The van der Waals surface area contributed by atoms with Crippen LogP contribution in [-0.4, -0.2) is 48.8 Å². The fourth-order valence-corrected chi connectivity index (χ4v) is 4.09. The van der Waals surface area contributed by atoms with E-state index in [1.807, 2.05) is 6.20 Å². The van der Waals surface area contributed by atoms with Crippen LogP contribution in [0.15, 0.2) is 36.5 Å². The molecule has 0 radical (unpaired) electrons. The SMILES string of the molecule is COCCc1cc[nH]c1-c1ccc(OC2CCN(C3CCC3)CC2)cc1. The summed E-state index contributed by atoms with van der Waals surface area (Å²) in [4.78, 5) is 6.02. The summed E-state index contributed by atoms with van der Waals surface area (Å²) >= 11 is 0. The number of benzene rings is 1. The van der Waals surface area contributed by atoms with Crippen molar-refractivity contribution in [3.63, 3.8) is 0 Å². The van der Waals surface area contributed by atoms with Gasteiger partial charge in [0, 0.05) is 38.1 Å². The fourth-order valence-electron chi connectivity index (χ4n) is 4.09. The van der Waals surface area contributed by atoms with Crippen LogP contribution in [0.25, 0.3) is 11.3 Å². The lowest BCUT2D eigenvalue weighted by atomic mass is 9.90. The second kappa shape index (κ2) is 8.28. The summed E-state index contributed by atoms with van der Waals surface area (Å²) in [6, 6.07) is 11.5. The van der Waals surface area contributed by atoms with Crippen molar-refractivity contribution in [1.82, 2.24) is 9.88 Å². The summed E-state index contributed by atoms with van der Waals surface area (Å²) in [6.45, 7) is 3.13. The molecule has 1 saturated heterocycles. The smallest absolute Gasteiger partial charge is 0.119 e. The molecule has 26 heavy (non-hydrogen) atoms. The van der Waals surface area contributed by atoms with Crippen LogP contribution in [-0.2, 0) is 11.2 Å². The number of H-pyrrole nitrogens is 1. The van der Waals surface area contributed by atoms with Crippen molar-refractivity contribution < 1.29 is 9.47 Å². The van der Waals surface area contributed by atoms with Crippen molar-refractivity contribution in [2.45, 2.75) is 50.7 Å². The monoisotopic (exact) mass is 354 g/mol. The maximum Gasteiger partial charge on any atom is 0.119 e. The van der Waals surface area contributed by atoms with E-state index in [0.29, 0.717) is 6.10 Å². The predicted octanol–water partition coefficient (Wildman–Crippen LogP) is 4.27. The first-order chi connectivity index (χ1) is 12.8. The van der Waals surface area contributed by atoms with E-state index in [9.17, 15) is 0 Å². The molecule has 2 aliphatic rings. The average molecular weight is 354 g/mol. The topological polar surface area (TPSA) is 37.5 Å². The molecule has 0 unspecified atom stereocenters. The molecule has 1 aromatic heterocycles. The van der Waals surface area contributed by atoms with Crippen molar-refractivity contribution in [2.24, 2.45) is 0 Å². The molecule has 0 bridgehead atoms. The van der Waals surface area contributed by atoms with E-state index >= 15 is 0 Å². The zero-order valence-corrected chi connectivity index (χ0v) is 15.7. The number of aromatic amines is 1. The number of ether oxygens (including phenoxy) is 2. The third-order valence-electron chi connectivity index (χ3n) is 5.92. The number of nitrogens with one attached hydrogen (secondary N) is 1. The molecular formula is C22H30N2O2. The van der Waals surface area contributed by atoms with Gasteiger partial charge in [-0.15, -0.1) is 0 Å². The van der Waals surface area contributed by atoms with E-state index in [1.165, 1.54) is 49.2 Å². The molecule has 4 rings (SSSR count). The Bertz CT molecular complexity index is 682. The van der Waals surface area contributed by atoms with Gasteiger partial charge in [0.1, 0.15) is 11.9 Å². The summed E-state index contributed by atoms with van der Waals surface area (Å²) < 4.78 is 11.5. The number of aromatic nitrogens is 1. The van der Waals surface area contributed by atoms with E-state index in [4.69, 9.17) is 9.47 Å². The third kappa shape index (κ3) is 3.97. The highest BCUT2D eigenvalue weighted by Crippen LogP contribution is 2.29. The van der Waals surface area contributed by atoms with Crippen LogP contribution < -0.4 is 4.74 Å². The standard InChI is InChI=1S/C22H30N2O2/c1-25-16-12-18-9-13-23-22(18)17-5-7-20(8-6-17)26-21-10-14-24(15-11-21)19-3-2-4-19/h5-9,13,19,21,23H,2-4,10-12,14-16H2,1H3. The van der Waals surface area contributed by atoms with Crippen LogP contribution in [0.3, 0.4) is 0 Å². The van der Waals surface area contributed by atoms with Crippen LogP contribution in [0.1, 0.15) is 37.7 Å². The number of likely N-dealkylation sites (tertiary alicyclic amines) is 1. The summed E-state index contributed by atoms with van der Waals surface area (Å²) in [6.07, 6.45) is 9.80. The van der Waals surface area contributed by atoms with E-state index in [1.54, 1.807) is 7.11 Å². The minimum Gasteiger partial charge on any atom is -0.490 e. The minimum absolute atomic E-state index is 0.361. The fraction of sp³-hybridized carbons (Fsp3) is 0.545. The minimum atomic E-state index is 0.361. The van der Waals surface area contributed by atoms with Gasteiger partial charge in [0.05, 0.1) is 6.61 Å². The molecule has 1 saturated carbocycles. The molecule has 0 spiro atoms. The van der Waals surface area contributed by atoms with E-state index < -0.39 is 0 Å².